The molecule has 1 heterocycles. The van der Waals surface area contributed by atoms with Crippen molar-refractivity contribution in [2.45, 2.75) is 51.0 Å². The van der Waals surface area contributed by atoms with Crippen LogP contribution < -0.4 is 4.74 Å². The monoisotopic (exact) mass is 263 g/mol. The Bertz CT molecular complexity index is 394. The van der Waals surface area contributed by atoms with Gasteiger partial charge in [0.15, 0.2) is 0 Å². The van der Waals surface area contributed by atoms with Gasteiger partial charge in [-0.1, -0.05) is 19.3 Å². The molecule has 1 aromatic rings. The maximum atomic E-state index is 12.0. The first-order chi connectivity index (χ1) is 9.29. The minimum atomic E-state index is -0.277. The Hall–Kier alpha value is -1.58. The highest BCUT2D eigenvalue weighted by atomic mass is 16.5. The Morgan fingerprint density at radius 3 is 2.42 bits per heavy atom. The predicted octanol–water partition coefficient (Wildman–Crippen LogP) is 3.36. The van der Waals surface area contributed by atoms with Crippen LogP contribution in [0.25, 0.3) is 0 Å². The summed E-state index contributed by atoms with van der Waals surface area (Å²) < 4.78 is 10.5. The van der Waals surface area contributed by atoms with Gasteiger partial charge >= 0.3 is 5.97 Å². The van der Waals surface area contributed by atoms with Gasteiger partial charge in [-0.3, -0.25) is 0 Å². The van der Waals surface area contributed by atoms with E-state index in [2.05, 4.69) is 4.98 Å². The molecule has 0 aromatic carbocycles. The largest absolute Gasteiger partial charge is 0.481 e. The molecule has 0 unspecified atom stereocenters. The molecule has 0 saturated heterocycles. The van der Waals surface area contributed by atoms with E-state index < -0.39 is 0 Å². The molecule has 1 aliphatic rings. The fraction of sp³-hybridized carbons (Fsp3) is 0.600. The number of carbonyl (C=O) groups is 1. The van der Waals surface area contributed by atoms with Gasteiger partial charge in [0.25, 0.3) is 0 Å². The van der Waals surface area contributed by atoms with Gasteiger partial charge in [0.05, 0.1) is 12.7 Å². The summed E-state index contributed by atoms with van der Waals surface area (Å²) in [6.07, 6.45) is 9.64. The van der Waals surface area contributed by atoms with E-state index in [9.17, 15) is 4.79 Å². The van der Waals surface area contributed by atoms with Gasteiger partial charge in [-0.2, -0.15) is 0 Å². The van der Waals surface area contributed by atoms with E-state index in [0.717, 1.165) is 25.7 Å². The molecule has 0 spiro atoms. The molecular formula is C15H21NO3. The molecule has 4 heteroatoms. The zero-order chi connectivity index (χ0) is 13.5. The van der Waals surface area contributed by atoms with Crippen molar-refractivity contribution in [3.8, 4) is 5.88 Å². The topological polar surface area (TPSA) is 48.4 Å². The second-order valence-electron chi connectivity index (χ2n) is 4.96. The minimum Gasteiger partial charge on any atom is -0.481 e. The second-order valence-corrected chi connectivity index (χ2v) is 4.96. The quantitative estimate of drug-likeness (QED) is 0.785. The summed E-state index contributed by atoms with van der Waals surface area (Å²) in [6, 6.07) is 3.37. The van der Waals surface area contributed by atoms with E-state index in [1.807, 2.05) is 0 Å². The zero-order valence-corrected chi connectivity index (χ0v) is 11.4. The van der Waals surface area contributed by atoms with Crippen molar-refractivity contribution in [3.63, 3.8) is 0 Å². The summed E-state index contributed by atoms with van der Waals surface area (Å²) in [5, 5.41) is 0. The molecule has 0 amide bonds. The molecule has 0 atom stereocenters. The van der Waals surface area contributed by atoms with Crippen molar-refractivity contribution >= 4 is 5.97 Å². The van der Waals surface area contributed by atoms with Crippen molar-refractivity contribution in [2.75, 3.05) is 7.11 Å². The summed E-state index contributed by atoms with van der Waals surface area (Å²) in [7, 11) is 1.55. The summed E-state index contributed by atoms with van der Waals surface area (Å²) >= 11 is 0. The average Bonchev–Trinajstić information content (AvgIpc) is 2.41. The lowest BCUT2D eigenvalue weighted by Crippen LogP contribution is -2.19. The van der Waals surface area contributed by atoms with E-state index in [1.54, 1.807) is 19.2 Å². The van der Waals surface area contributed by atoms with Gasteiger partial charge in [0.2, 0.25) is 5.88 Å². The van der Waals surface area contributed by atoms with Crippen LogP contribution in [-0.2, 0) is 4.74 Å². The van der Waals surface area contributed by atoms with E-state index in [4.69, 9.17) is 9.47 Å². The van der Waals surface area contributed by atoms with Crippen molar-refractivity contribution in [1.82, 2.24) is 4.98 Å². The highest BCUT2D eigenvalue weighted by molar-refractivity contribution is 5.89. The smallest absolute Gasteiger partial charge is 0.339 e. The number of pyridine rings is 1. The van der Waals surface area contributed by atoms with Gasteiger partial charge in [-0.15, -0.1) is 0 Å². The van der Waals surface area contributed by atoms with Crippen LogP contribution in [0.4, 0.5) is 0 Å². The predicted molar refractivity (Wildman–Crippen MR) is 72.3 cm³/mol. The molecule has 19 heavy (non-hydrogen) atoms. The third kappa shape index (κ3) is 4.23. The standard InChI is InChI=1S/C15H21NO3/c1-18-14-10-9-12(11-16-14)15(17)19-13-7-5-3-2-4-6-8-13/h9-11,13H,2-8H2,1H3. The lowest BCUT2D eigenvalue weighted by molar-refractivity contribution is 0.0239. The first kappa shape index (κ1) is 13.8. The van der Waals surface area contributed by atoms with Crippen LogP contribution in [0.3, 0.4) is 0 Å². The molecule has 0 bridgehead atoms. The Morgan fingerprint density at radius 2 is 1.84 bits per heavy atom. The lowest BCUT2D eigenvalue weighted by Gasteiger charge is -2.20. The number of nitrogens with zero attached hydrogens (tertiary/aromatic N) is 1. The van der Waals surface area contributed by atoms with E-state index >= 15 is 0 Å². The third-order valence-electron chi connectivity index (χ3n) is 3.51. The van der Waals surface area contributed by atoms with Crippen LogP contribution in [0.1, 0.15) is 55.3 Å². The van der Waals surface area contributed by atoms with Crippen molar-refractivity contribution in [3.05, 3.63) is 23.9 Å². The van der Waals surface area contributed by atoms with Crippen LogP contribution in [0.2, 0.25) is 0 Å². The number of ether oxygens (including phenoxy) is 2. The minimum absolute atomic E-state index is 0.0647. The Balaban J connectivity index is 1.91. The maximum absolute atomic E-state index is 12.0. The Kier molecular flexibility index (Phi) is 5.19. The van der Waals surface area contributed by atoms with Crippen LogP contribution in [0.5, 0.6) is 5.88 Å². The van der Waals surface area contributed by atoms with Gasteiger partial charge in [-0.25, -0.2) is 9.78 Å². The van der Waals surface area contributed by atoms with Crippen LogP contribution >= 0.6 is 0 Å². The van der Waals surface area contributed by atoms with E-state index in [1.165, 1.54) is 25.5 Å². The van der Waals surface area contributed by atoms with Crippen molar-refractivity contribution in [1.29, 1.82) is 0 Å². The molecule has 1 aromatic heterocycles. The Labute approximate surface area is 114 Å². The third-order valence-corrected chi connectivity index (χ3v) is 3.51. The molecule has 1 aliphatic carbocycles. The summed E-state index contributed by atoms with van der Waals surface area (Å²) in [4.78, 5) is 16.0. The fourth-order valence-corrected chi connectivity index (χ4v) is 2.38. The SMILES string of the molecule is COc1ccc(C(=O)OC2CCCCCCC2)cn1. The number of esters is 1. The molecule has 1 saturated carbocycles. The van der Waals surface area contributed by atoms with Gasteiger partial charge in [0, 0.05) is 12.3 Å². The lowest BCUT2D eigenvalue weighted by atomic mass is 9.98. The molecular weight excluding hydrogens is 242 g/mol. The van der Waals surface area contributed by atoms with E-state index in [0.29, 0.717) is 11.4 Å². The normalized spacial score (nSPS) is 17.3. The maximum Gasteiger partial charge on any atom is 0.339 e. The summed E-state index contributed by atoms with van der Waals surface area (Å²) in [5.74, 6) is 0.225. The Morgan fingerprint density at radius 1 is 1.16 bits per heavy atom. The first-order valence-electron chi connectivity index (χ1n) is 7.00. The van der Waals surface area contributed by atoms with Crippen LogP contribution in [0, 0.1) is 0 Å². The number of carbonyl (C=O) groups excluding carboxylic acids is 1. The zero-order valence-electron chi connectivity index (χ0n) is 11.4. The van der Waals surface area contributed by atoms with Crippen LogP contribution in [-0.4, -0.2) is 24.2 Å². The summed E-state index contributed by atoms with van der Waals surface area (Å²) in [6.45, 7) is 0. The molecule has 2 rings (SSSR count). The fourth-order valence-electron chi connectivity index (χ4n) is 2.38. The summed E-state index contributed by atoms with van der Waals surface area (Å²) in [5.41, 5.74) is 0.489. The average molecular weight is 263 g/mol. The van der Waals surface area contributed by atoms with Crippen LogP contribution in [0.15, 0.2) is 18.3 Å². The molecule has 0 N–H and O–H groups in total. The number of hydrogen-bond donors (Lipinski definition) is 0. The molecule has 4 nitrogen and oxygen atoms in total. The number of methoxy groups -OCH3 is 1. The highest BCUT2D eigenvalue weighted by Gasteiger charge is 2.17. The number of hydrogen-bond acceptors (Lipinski definition) is 4. The first-order valence-corrected chi connectivity index (χ1v) is 7.00. The van der Waals surface area contributed by atoms with Gasteiger partial charge in [0.1, 0.15) is 6.10 Å². The van der Waals surface area contributed by atoms with E-state index in [-0.39, 0.29) is 12.1 Å². The van der Waals surface area contributed by atoms with Crippen molar-refractivity contribution < 1.29 is 14.3 Å². The molecule has 0 aliphatic heterocycles. The van der Waals surface area contributed by atoms with Crippen molar-refractivity contribution in [2.24, 2.45) is 0 Å². The number of aromatic nitrogens is 1. The highest BCUT2D eigenvalue weighted by Crippen LogP contribution is 2.20. The number of rotatable bonds is 3. The second kappa shape index (κ2) is 7.12. The molecule has 104 valence electrons. The molecule has 1 fully saturated rings. The van der Waals surface area contributed by atoms with Gasteiger partial charge < -0.3 is 9.47 Å². The van der Waals surface area contributed by atoms with Gasteiger partial charge in [-0.05, 0) is 31.7 Å². The molecule has 0 radical (unpaired) electrons.